The molecule has 0 saturated carbocycles. The maximum atomic E-state index is 13.6. The number of nitrogens with zero attached hydrogens (tertiary/aromatic N) is 6. The number of hydrogen-bond acceptors (Lipinski definition) is 8. The number of aromatic carboxylic acids is 1. The van der Waals surface area contributed by atoms with Crippen LogP contribution in [0, 0.1) is 20.8 Å². The van der Waals surface area contributed by atoms with Crippen LogP contribution in [0.4, 0.5) is 11.5 Å². The normalized spacial score (nSPS) is 10.9. The summed E-state index contributed by atoms with van der Waals surface area (Å²) in [5.41, 5.74) is 16.9. The molecule has 0 bridgehead atoms. The summed E-state index contributed by atoms with van der Waals surface area (Å²) in [7, 11) is 0. The zero-order valence-electron chi connectivity index (χ0n) is 22.7. The number of nitrogen functional groups attached to an aromatic ring is 2. The zero-order chi connectivity index (χ0) is 29.3. The molecule has 0 saturated heterocycles. The first kappa shape index (κ1) is 27.0. The first-order valence-corrected chi connectivity index (χ1v) is 12.7. The van der Waals surface area contributed by atoms with Crippen LogP contribution in [0.3, 0.4) is 0 Å². The summed E-state index contributed by atoms with van der Waals surface area (Å²) in [4.78, 5) is 41.7. The number of carbonyl (C=O) groups is 1. The van der Waals surface area contributed by atoms with Crippen LogP contribution in [0.1, 0.15) is 32.9 Å². The fourth-order valence-electron chi connectivity index (χ4n) is 4.76. The molecule has 11 nitrogen and oxygen atoms in total. The fraction of sp³-hybridized carbons (Fsp3) is 0.133. The molecule has 0 radical (unpaired) electrons. The van der Waals surface area contributed by atoms with E-state index in [4.69, 9.17) is 21.6 Å². The molecule has 0 unspecified atom stereocenters. The van der Waals surface area contributed by atoms with Gasteiger partial charge in [-0.25, -0.2) is 24.7 Å². The third kappa shape index (κ3) is 5.08. The average Bonchev–Trinajstić information content (AvgIpc) is 3.33. The number of nitrogens with two attached hydrogens (primary N) is 2. The maximum Gasteiger partial charge on any atom is 0.338 e. The number of aromatic nitrogens is 6. The Bertz CT molecular complexity index is 1970. The van der Waals surface area contributed by atoms with Gasteiger partial charge in [-0.15, -0.1) is 0 Å². The third-order valence-electron chi connectivity index (χ3n) is 6.79. The molecule has 0 amide bonds. The molecule has 3 aromatic carbocycles. The Morgan fingerprint density at radius 2 is 1.59 bits per heavy atom. The van der Waals surface area contributed by atoms with Crippen molar-refractivity contribution in [2.24, 2.45) is 0 Å². The standard InChI is InChI=1S/C22H19N7O.C8H9NO2/c1-13-6-3-4-9-16(13)29-17(27-15-8-5-7-14(2)18(15)22(29)30)10-28-12-26-19-20(23)24-11-25-21(19)28;1-5-3-2-4-6(9)7(5)8(10)11/h3-9,11-12H,10H2,1-2H3,(H2,23,24,25);2-4H,9H2,1H3,(H,10,11). The van der Waals surface area contributed by atoms with Crippen molar-refractivity contribution < 1.29 is 9.90 Å². The highest BCUT2D eigenvalue weighted by atomic mass is 16.4. The van der Waals surface area contributed by atoms with Crippen molar-refractivity contribution in [1.82, 2.24) is 29.1 Å². The van der Waals surface area contributed by atoms with E-state index in [-0.39, 0.29) is 11.1 Å². The monoisotopic (exact) mass is 548 g/mol. The predicted octanol–water partition coefficient (Wildman–Crippen LogP) is 4.05. The zero-order valence-corrected chi connectivity index (χ0v) is 22.7. The number of para-hydroxylation sites is 1. The molecule has 0 fully saturated rings. The Kier molecular flexibility index (Phi) is 7.17. The highest BCUT2D eigenvalue weighted by molar-refractivity contribution is 5.95. The molecule has 6 aromatic rings. The van der Waals surface area contributed by atoms with Gasteiger partial charge in [0.1, 0.15) is 17.7 Å². The Morgan fingerprint density at radius 1 is 0.878 bits per heavy atom. The van der Waals surface area contributed by atoms with Crippen LogP contribution in [0.15, 0.2) is 78.1 Å². The van der Waals surface area contributed by atoms with E-state index in [1.165, 1.54) is 6.33 Å². The summed E-state index contributed by atoms with van der Waals surface area (Å²) in [6, 6.07) is 18.5. The van der Waals surface area contributed by atoms with Crippen LogP contribution in [-0.4, -0.2) is 40.1 Å². The Balaban J connectivity index is 0.000000259. The van der Waals surface area contributed by atoms with Crippen LogP contribution < -0.4 is 17.0 Å². The first-order valence-electron chi connectivity index (χ1n) is 12.7. The highest BCUT2D eigenvalue weighted by Gasteiger charge is 2.17. The average molecular weight is 549 g/mol. The van der Waals surface area contributed by atoms with Gasteiger partial charge < -0.3 is 21.1 Å². The number of anilines is 2. The smallest absolute Gasteiger partial charge is 0.338 e. The van der Waals surface area contributed by atoms with Crippen molar-refractivity contribution in [3.8, 4) is 5.69 Å². The molecule has 0 atom stereocenters. The molecule has 5 N–H and O–H groups in total. The van der Waals surface area contributed by atoms with Crippen molar-refractivity contribution in [3.63, 3.8) is 0 Å². The second kappa shape index (κ2) is 10.9. The van der Waals surface area contributed by atoms with Crippen molar-refractivity contribution in [1.29, 1.82) is 0 Å². The molecular weight excluding hydrogens is 520 g/mol. The van der Waals surface area contributed by atoms with E-state index in [1.54, 1.807) is 36.0 Å². The lowest BCUT2D eigenvalue weighted by Gasteiger charge is -2.16. The van der Waals surface area contributed by atoms with Gasteiger partial charge in [-0.3, -0.25) is 9.36 Å². The lowest BCUT2D eigenvalue weighted by molar-refractivity contribution is 0.0697. The fourth-order valence-corrected chi connectivity index (χ4v) is 4.76. The Hall–Kier alpha value is -5.58. The van der Waals surface area contributed by atoms with Gasteiger partial charge in [-0.2, -0.15) is 0 Å². The number of aryl methyl sites for hydroxylation is 3. The van der Waals surface area contributed by atoms with E-state index in [0.717, 1.165) is 16.8 Å². The minimum atomic E-state index is -0.972. The van der Waals surface area contributed by atoms with Gasteiger partial charge in [0, 0.05) is 5.69 Å². The summed E-state index contributed by atoms with van der Waals surface area (Å²) in [5, 5.41) is 9.28. The van der Waals surface area contributed by atoms with E-state index in [2.05, 4.69) is 15.0 Å². The molecule has 3 heterocycles. The molecular formula is C30H28N8O3. The van der Waals surface area contributed by atoms with Gasteiger partial charge in [0.15, 0.2) is 11.5 Å². The van der Waals surface area contributed by atoms with Crippen LogP contribution in [-0.2, 0) is 6.54 Å². The maximum absolute atomic E-state index is 13.6. The number of carboxylic acids is 1. The lowest BCUT2D eigenvalue weighted by Crippen LogP contribution is -2.26. The van der Waals surface area contributed by atoms with E-state index >= 15 is 0 Å². The van der Waals surface area contributed by atoms with Gasteiger partial charge in [0.05, 0.1) is 35.0 Å². The van der Waals surface area contributed by atoms with Gasteiger partial charge in [0.2, 0.25) is 0 Å². The van der Waals surface area contributed by atoms with Crippen molar-refractivity contribution in [2.45, 2.75) is 27.3 Å². The van der Waals surface area contributed by atoms with Crippen molar-refractivity contribution in [3.05, 3.63) is 112 Å². The van der Waals surface area contributed by atoms with Crippen LogP contribution in [0.5, 0.6) is 0 Å². The molecule has 0 aliphatic heterocycles. The minimum absolute atomic E-state index is 0.0963. The molecule has 0 aliphatic rings. The van der Waals surface area contributed by atoms with Crippen molar-refractivity contribution >= 4 is 39.5 Å². The van der Waals surface area contributed by atoms with E-state index in [0.29, 0.717) is 51.5 Å². The minimum Gasteiger partial charge on any atom is -0.478 e. The van der Waals surface area contributed by atoms with Crippen LogP contribution >= 0.6 is 0 Å². The number of carboxylic acid groups (broad SMARTS) is 1. The van der Waals surface area contributed by atoms with Crippen molar-refractivity contribution in [2.75, 3.05) is 11.5 Å². The predicted molar refractivity (Wildman–Crippen MR) is 158 cm³/mol. The summed E-state index contributed by atoms with van der Waals surface area (Å²) in [5.74, 6) is -0.0679. The number of rotatable bonds is 4. The number of hydrogen-bond donors (Lipinski definition) is 3. The number of imidazole rings is 1. The van der Waals surface area contributed by atoms with Gasteiger partial charge in [-0.05, 0) is 55.7 Å². The molecule has 0 aliphatic carbocycles. The second-order valence-corrected chi connectivity index (χ2v) is 9.57. The van der Waals surface area contributed by atoms with E-state index in [1.807, 2.05) is 60.9 Å². The van der Waals surface area contributed by atoms with E-state index in [9.17, 15) is 9.59 Å². The highest BCUT2D eigenvalue weighted by Crippen LogP contribution is 2.21. The topological polar surface area (TPSA) is 168 Å². The van der Waals surface area contributed by atoms with Gasteiger partial charge in [-0.1, -0.05) is 42.5 Å². The largest absolute Gasteiger partial charge is 0.478 e. The number of benzene rings is 3. The Morgan fingerprint density at radius 3 is 2.29 bits per heavy atom. The van der Waals surface area contributed by atoms with Gasteiger partial charge >= 0.3 is 5.97 Å². The summed E-state index contributed by atoms with van der Waals surface area (Å²) in [6.45, 7) is 5.94. The second-order valence-electron chi connectivity index (χ2n) is 9.57. The lowest BCUT2D eigenvalue weighted by atomic mass is 10.1. The Labute approximate surface area is 234 Å². The quantitative estimate of drug-likeness (QED) is 0.275. The van der Waals surface area contributed by atoms with E-state index < -0.39 is 5.97 Å². The van der Waals surface area contributed by atoms with Crippen LogP contribution in [0.2, 0.25) is 0 Å². The number of fused-ring (bicyclic) bond motifs is 2. The summed E-state index contributed by atoms with van der Waals surface area (Å²) < 4.78 is 3.51. The molecule has 11 heteroatoms. The summed E-state index contributed by atoms with van der Waals surface area (Å²) in [6.07, 6.45) is 3.05. The molecule has 6 rings (SSSR count). The summed E-state index contributed by atoms with van der Waals surface area (Å²) >= 11 is 0. The molecule has 206 valence electrons. The first-order chi connectivity index (χ1) is 19.7. The third-order valence-corrected chi connectivity index (χ3v) is 6.79. The molecule has 3 aromatic heterocycles. The van der Waals surface area contributed by atoms with Gasteiger partial charge in [0.25, 0.3) is 5.56 Å². The molecule has 41 heavy (non-hydrogen) atoms. The molecule has 0 spiro atoms. The SMILES string of the molecule is Cc1cccc(N)c1C(=O)O.Cc1ccccc1-n1c(Cn2cnc3c(N)ncnc32)nc2cccc(C)c2c1=O. The van der Waals surface area contributed by atoms with Crippen LogP contribution in [0.25, 0.3) is 27.8 Å².